The molecule has 1 atom stereocenters. The number of ether oxygens (including phenoxy) is 1. The van der Waals surface area contributed by atoms with Crippen LogP contribution in [0.2, 0.25) is 0 Å². The smallest absolute Gasteiger partial charge is 0.157 e. The number of nitrogens with one attached hydrogen (secondary N) is 1. The first-order valence-corrected chi connectivity index (χ1v) is 7.86. The van der Waals surface area contributed by atoms with E-state index in [0.717, 1.165) is 36.9 Å². The topological polar surface area (TPSA) is 33.6 Å². The second-order valence-corrected chi connectivity index (χ2v) is 5.67. The summed E-state index contributed by atoms with van der Waals surface area (Å²) in [5.41, 5.74) is 1.35. The third-order valence-electron chi connectivity index (χ3n) is 3.15. The van der Waals surface area contributed by atoms with Crippen LogP contribution in [-0.4, -0.2) is 31.2 Å². The lowest BCUT2D eigenvalue weighted by molar-refractivity contribution is 0.192. The molecule has 0 aliphatic carbocycles. The van der Waals surface area contributed by atoms with Gasteiger partial charge in [-0.1, -0.05) is 42.1 Å². The number of thioether (sulfide) groups is 1. The Bertz CT molecular complexity index is 394. The van der Waals surface area contributed by atoms with Crippen LogP contribution in [0.4, 0.5) is 0 Å². The number of rotatable bonds is 7. The summed E-state index contributed by atoms with van der Waals surface area (Å²) in [6, 6.07) is 11.0. The van der Waals surface area contributed by atoms with Crippen LogP contribution in [-0.2, 0) is 4.74 Å². The molecule has 1 aromatic carbocycles. The average molecular weight is 278 g/mol. The SMILES string of the molecule is COCCCCCN=C1NC(c2ccccc2)CS1. The maximum absolute atomic E-state index is 5.03. The predicted octanol–water partition coefficient (Wildman–Crippen LogP) is 3.24. The number of hydrogen-bond donors (Lipinski definition) is 1. The van der Waals surface area contributed by atoms with Crippen LogP contribution in [0.5, 0.6) is 0 Å². The van der Waals surface area contributed by atoms with Crippen LogP contribution in [0.1, 0.15) is 30.9 Å². The maximum atomic E-state index is 5.03. The Labute approximate surface area is 119 Å². The summed E-state index contributed by atoms with van der Waals surface area (Å²) in [6.07, 6.45) is 3.47. The molecule has 1 N–H and O–H groups in total. The van der Waals surface area contributed by atoms with Gasteiger partial charge in [-0.3, -0.25) is 4.99 Å². The third-order valence-corrected chi connectivity index (χ3v) is 4.17. The van der Waals surface area contributed by atoms with Gasteiger partial charge in [0.15, 0.2) is 5.17 Å². The Kier molecular flexibility index (Phi) is 6.24. The van der Waals surface area contributed by atoms with E-state index in [-0.39, 0.29) is 0 Å². The molecular formula is C15H22N2OS. The van der Waals surface area contributed by atoms with Crippen LogP contribution in [0, 0.1) is 0 Å². The van der Waals surface area contributed by atoms with Crippen molar-refractivity contribution in [3.63, 3.8) is 0 Å². The molecule has 3 nitrogen and oxygen atoms in total. The summed E-state index contributed by atoms with van der Waals surface area (Å²) in [5, 5.41) is 4.60. The van der Waals surface area contributed by atoms with Crippen LogP contribution >= 0.6 is 11.8 Å². The van der Waals surface area contributed by atoms with Gasteiger partial charge in [-0.15, -0.1) is 0 Å². The van der Waals surface area contributed by atoms with Crippen LogP contribution in [0.15, 0.2) is 35.3 Å². The van der Waals surface area contributed by atoms with Crippen molar-refractivity contribution < 1.29 is 4.74 Å². The lowest BCUT2D eigenvalue weighted by atomic mass is 10.1. The van der Waals surface area contributed by atoms with Gasteiger partial charge in [0, 0.05) is 26.0 Å². The molecule has 4 heteroatoms. The molecule has 104 valence electrons. The number of hydrogen-bond acceptors (Lipinski definition) is 3. The van der Waals surface area contributed by atoms with Crippen molar-refractivity contribution in [2.75, 3.05) is 26.0 Å². The first kappa shape index (κ1) is 14.4. The molecule has 0 radical (unpaired) electrons. The van der Waals surface area contributed by atoms with E-state index in [9.17, 15) is 0 Å². The number of methoxy groups -OCH3 is 1. The summed E-state index contributed by atoms with van der Waals surface area (Å²) >= 11 is 1.83. The van der Waals surface area contributed by atoms with E-state index in [2.05, 4.69) is 40.6 Å². The number of aliphatic imine (C=N–C) groups is 1. The minimum atomic E-state index is 0.415. The molecule has 0 saturated carbocycles. The van der Waals surface area contributed by atoms with E-state index < -0.39 is 0 Å². The second kappa shape index (κ2) is 8.23. The predicted molar refractivity (Wildman–Crippen MR) is 82.8 cm³/mol. The quantitative estimate of drug-likeness (QED) is 0.777. The maximum Gasteiger partial charge on any atom is 0.157 e. The minimum absolute atomic E-state index is 0.415. The van der Waals surface area contributed by atoms with Crippen molar-refractivity contribution in [2.24, 2.45) is 4.99 Å². The lowest BCUT2D eigenvalue weighted by Gasteiger charge is -2.09. The van der Waals surface area contributed by atoms with Crippen molar-refractivity contribution in [3.05, 3.63) is 35.9 Å². The number of benzene rings is 1. The Morgan fingerprint density at radius 1 is 1.26 bits per heavy atom. The van der Waals surface area contributed by atoms with E-state index in [1.165, 1.54) is 12.0 Å². The monoisotopic (exact) mass is 278 g/mol. The van der Waals surface area contributed by atoms with E-state index in [1.54, 1.807) is 7.11 Å². The molecule has 1 aliphatic heterocycles. The molecule has 0 spiro atoms. The van der Waals surface area contributed by atoms with Gasteiger partial charge >= 0.3 is 0 Å². The molecule has 0 aromatic heterocycles. The molecule has 19 heavy (non-hydrogen) atoms. The molecule has 1 fully saturated rings. The third kappa shape index (κ3) is 4.88. The van der Waals surface area contributed by atoms with Gasteiger partial charge < -0.3 is 10.1 Å². The van der Waals surface area contributed by atoms with Gasteiger partial charge in [0.1, 0.15) is 0 Å². The van der Waals surface area contributed by atoms with E-state index in [0.29, 0.717) is 6.04 Å². The van der Waals surface area contributed by atoms with Crippen LogP contribution < -0.4 is 5.32 Å². The summed E-state index contributed by atoms with van der Waals surface area (Å²) in [6.45, 7) is 1.78. The first-order chi connectivity index (χ1) is 9.40. The van der Waals surface area contributed by atoms with Gasteiger partial charge in [0.2, 0.25) is 0 Å². The zero-order valence-electron chi connectivity index (χ0n) is 11.5. The highest BCUT2D eigenvalue weighted by Crippen LogP contribution is 2.25. The largest absolute Gasteiger partial charge is 0.385 e. The Balaban J connectivity index is 1.70. The zero-order valence-corrected chi connectivity index (χ0v) is 12.3. The van der Waals surface area contributed by atoms with Gasteiger partial charge in [-0.2, -0.15) is 0 Å². The van der Waals surface area contributed by atoms with Gasteiger partial charge in [0.05, 0.1) is 6.04 Å². The van der Waals surface area contributed by atoms with Crippen LogP contribution in [0.3, 0.4) is 0 Å². The molecule has 1 aromatic rings. The normalized spacial score (nSPS) is 20.7. The highest BCUT2D eigenvalue weighted by molar-refractivity contribution is 8.14. The fourth-order valence-electron chi connectivity index (χ4n) is 2.07. The van der Waals surface area contributed by atoms with Crippen molar-refractivity contribution in [1.82, 2.24) is 5.32 Å². The van der Waals surface area contributed by atoms with E-state index in [1.807, 2.05) is 11.8 Å². The van der Waals surface area contributed by atoms with Crippen molar-refractivity contribution in [2.45, 2.75) is 25.3 Å². The van der Waals surface area contributed by atoms with Gasteiger partial charge in [0.25, 0.3) is 0 Å². The number of nitrogens with zero attached hydrogens (tertiary/aromatic N) is 1. The van der Waals surface area contributed by atoms with Gasteiger partial charge in [-0.25, -0.2) is 0 Å². The summed E-state index contributed by atoms with van der Waals surface area (Å²) in [7, 11) is 1.75. The van der Waals surface area contributed by atoms with Gasteiger partial charge in [-0.05, 0) is 24.8 Å². The number of amidine groups is 1. The lowest BCUT2D eigenvalue weighted by Crippen LogP contribution is -2.19. The fraction of sp³-hybridized carbons (Fsp3) is 0.533. The fourth-order valence-corrected chi connectivity index (χ4v) is 3.07. The highest BCUT2D eigenvalue weighted by Gasteiger charge is 2.20. The average Bonchev–Trinajstić information content (AvgIpc) is 2.92. The highest BCUT2D eigenvalue weighted by atomic mass is 32.2. The summed E-state index contributed by atoms with van der Waals surface area (Å²) in [5.74, 6) is 1.08. The number of unbranched alkanes of at least 4 members (excludes halogenated alkanes) is 2. The molecule has 1 unspecified atom stereocenters. The molecular weight excluding hydrogens is 256 g/mol. The molecule has 2 rings (SSSR count). The van der Waals surface area contributed by atoms with Crippen molar-refractivity contribution in [1.29, 1.82) is 0 Å². The minimum Gasteiger partial charge on any atom is -0.385 e. The summed E-state index contributed by atoms with van der Waals surface area (Å²) in [4.78, 5) is 4.62. The molecule has 1 saturated heterocycles. The summed E-state index contributed by atoms with van der Waals surface area (Å²) < 4.78 is 5.03. The molecule has 1 heterocycles. The van der Waals surface area contributed by atoms with E-state index in [4.69, 9.17) is 4.74 Å². The molecule has 0 bridgehead atoms. The van der Waals surface area contributed by atoms with Crippen LogP contribution in [0.25, 0.3) is 0 Å². The Hall–Kier alpha value is -1.00. The Morgan fingerprint density at radius 2 is 2.11 bits per heavy atom. The van der Waals surface area contributed by atoms with E-state index >= 15 is 0 Å². The Morgan fingerprint density at radius 3 is 2.89 bits per heavy atom. The molecule has 0 amide bonds. The zero-order chi connectivity index (χ0) is 13.3. The van der Waals surface area contributed by atoms with Crippen molar-refractivity contribution in [3.8, 4) is 0 Å². The standard InChI is InChI=1S/C15H22N2OS/c1-18-11-7-3-6-10-16-15-17-14(12-19-15)13-8-4-2-5-9-13/h2,4-5,8-9,14H,3,6-7,10-12H2,1H3,(H,16,17). The van der Waals surface area contributed by atoms with Crippen molar-refractivity contribution >= 4 is 16.9 Å². The second-order valence-electron chi connectivity index (χ2n) is 4.66. The first-order valence-electron chi connectivity index (χ1n) is 6.88. The molecule has 1 aliphatic rings.